The van der Waals surface area contributed by atoms with Crippen LogP contribution in [0.3, 0.4) is 0 Å². The third-order valence-corrected chi connectivity index (χ3v) is 6.00. The number of amides is 1. The summed E-state index contributed by atoms with van der Waals surface area (Å²) >= 11 is 0. The van der Waals surface area contributed by atoms with Gasteiger partial charge in [-0.15, -0.1) is 0 Å². The molecule has 3 aromatic heterocycles. The number of alkyl halides is 7. The van der Waals surface area contributed by atoms with E-state index >= 15 is 0 Å². The zero-order chi connectivity index (χ0) is 25.6. The maximum absolute atomic E-state index is 14.5. The average molecular weight is 508 g/mol. The first-order chi connectivity index (χ1) is 16.2. The second kappa shape index (κ2) is 6.97. The number of carbonyl (C=O) groups is 1. The smallest absolute Gasteiger partial charge is 0.453 e. The lowest BCUT2D eigenvalue weighted by atomic mass is 9.77. The van der Waals surface area contributed by atoms with E-state index in [4.69, 9.17) is 4.74 Å². The van der Waals surface area contributed by atoms with Gasteiger partial charge in [-0.2, -0.15) is 32.0 Å². The van der Waals surface area contributed by atoms with Gasteiger partial charge in [0, 0.05) is 13.0 Å². The number of aromatic nitrogens is 5. The number of rotatable bonds is 4. The Kier molecular flexibility index (Phi) is 4.62. The molecule has 3 aromatic rings. The zero-order valence-corrected chi connectivity index (χ0v) is 17.4. The summed E-state index contributed by atoms with van der Waals surface area (Å²) in [5.74, 6) is -11.7. The quantitative estimate of drug-likeness (QED) is 0.539. The highest BCUT2D eigenvalue weighted by atomic mass is 19.4. The predicted octanol–water partition coefficient (Wildman–Crippen LogP) is 3.85. The standard InChI is InChI=1S/C19H12F8N6O2/c1-16-9-11(31-15(16)34)29-12(30-14(9)35-6-18(16,23)24)10-8-4-7(20)5-28-13(8)33(32-10)3-2-17(21,22)19(25,26)27/h4-5H,2-3,6H2,1H3,(H,29,30,31,34)/t16-/m1/s1. The molecule has 2 aliphatic rings. The van der Waals surface area contributed by atoms with Crippen LogP contribution in [0.5, 0.6) is 5.88 Å². The molecule has 0 spiro atoms. The monoisotopic (exact) mass is 508 g/mol. The van der Waals surface area contributed by atoms with E-state index in [1.807, 2.05) is 0 Å². The van der Waals surface area contributed by atoms with Crippen LogP contribution in [-0.4, -0.2) is 55.3 Å². The highest BCUT2D eigenvalue weighted by molar-refractivity contribution is 6.07. The number of anilines is 1. The minimum atomic E-state index is -5.80. The van der Waals surface area contributed by atoms with Crippen molar-refractivity contribution in [3.63, 3.8) is 0 Å². The normalized spacial score (nSPS) is 21.1. The molecular formula is C19H12F8N6O2. The lowest BCUT2D eigenvalue weighted by Gasteiger charge is -2.35. The highest BCUT2D eigenvalue weighted by Gasteiger charge is 2.65. The molecule has 0 unspecified atom stereocenters. The molecule has 186 valence electrons. The van der Waals surface area contributed by atoms with Crippen molar-refractivity contribution in [1.82, 2.24) is 24.7 Å². The lowest BCUT2D eigenvalue weighted by Crippen LogP contribution is -2.54. The molecule has 0 saturated heterocycles. The number of hydrogen-bond acceptors (Lipinski definition) is 6. The van der Waals surface area contributed by atoms with Crippen LogP contribution < -0.4 is 10.1 Å². The first-order valence-electron chi connectivity index (χ1n) is 9.87. The number of hydrogen-bond donors (Lipinski definition) is 1. The molecule has 0 fully saturated rings. The Balaban J connectivity index is 1.62. The van der Waals surface area contributed by atoms with Gasteiger partial charge in [-0.1, -0.05) is 0 Å². The average Bonchev–Trinajstić information content (AvgIpc) is 3.24. The third kappa shape index (κ3) is 3.21. The van der Waals surface area contributed by atoms with Crippen molar-refractivity contribution in [2.45, 2.75) is 43.3 Å². The van der Waals surface area contributed by atoms with Crippen LogP contribution in [0.4, 0.5) is 40.9 Å². The Morgan fingerprint density at radius 1 is 1.20 bits per heavy atom. The third-order valence-electron chi connectivity index (χ3n) is 6.00. The van der Waals surface area contributed by atoms with Crippen LogP contribution in [0.15, 0.2) is 12.3 Å². The van der Waals surface area contributed by atoms with E-state index in [-0.39, 0.29) is 39.8 Å². The first-order valence-corrected chi connectivity index (χ1v) is 9.87. The molecule has 1 N–H and O–H groups in total. The van der Waals surface area contributed by atoms with Gasteiger partial charge in [0.25, 0.3) is 5.92 Å². The largest absolute Gasteiger partial charge is 0.471 e. The topological polar surface area (TPSA) is 94.8 Å². The van der Waals surface area contributed by atoms with Crippen molar-refractivity contribution >= 4 is 22.8 Å². The van der Waals surface area contributed by atoms with Crippen LogP contribution in [0.25, 0.3) is 22.6 Å². The van der Waals surface area contributed by atoms with Gasteiger partial charge in [-0.3, -0.25) is 4.79 Å². The summed E-state index contributed by atoms with van der Waals surface area (Å²) in [6, 6.07) is 0.878. The number of ether oxygens (including phenoxy) is 1. The molecular weight excluding hydrogens is 496 g/mol. The summed E-state index contributed by atoms with van der Waals surface area (Å²) in [6.45, 7) is -1.15. The fourth-order valence-corrected chi connectivity index (χ4v) is 3.93. The Morgan fingerprint density at radius 3 is 2.60 bits per heavy atom. The molecule has 35 heavy (non-hydrogen) atoms. The van der Waals surface area contributed by atoms with Gasteiger partial charge in [-0.05, 0) is 13.0 Å². The minimum absolute atomic E-state index is 0.152. The fraction of sp³-hybridized carbons (Fsp3) is 0.421. The van der Waals surface area contributed by atoms with Crippen molar-refractivity contribution in [1.29, 1.82) is 0 Å². The van der Waals surface area contributed by atoms with Gasteiger partial charge in [-0.25, -0.2) is 27.8 Å². The molecule has 0 aliphatic carbocycles. The summed E-state index contributed by atoms with van der Waals surface area (Å²) in [7, 11) is 0. The van der Waals surface area contributed by atoms with E-state index in [0.29, 0.717) is 10.9 Å². The maximum Gasteiger partial charge on any atom is 0.453 e. The molecule has 8 nitrogen and oxygen atoms in total. The number of pyridine rings is 1. The predicted molar refractivity (Wildman–Crippen MR) is 101 cm³/mol. The van der Waals surface area contributed by atoms with Gasteiger partial charge in [0.1, 0.15) is 22.7 Å². The molecule has 1 amide bonds. The number of nitrogens with one attached hydrogen (secondary N) is 1. The van der Waals surface area contributed by atoms with Crippen molar-refractivity contribution < 1.29 is 44.7 Å². The molecule has 0 radical (unpaired) electrons. The Labute approximate surface area is 189 Å². The number of carbonyl (C=O) groups excluding carboxylic acids is 1. The van der Waals surface area contributed by atoms with Crippen LogP contribution in [0, 0.1) is 5.82 Å². The highest BCUT2D eigenvalue weighted by Crippen LogP contribution is 2.53. The van der Waals surface area contributed by atoms with Crippen molar-refractivity contribution in [2.24, 2.45) is 0 Å². The van der Waals surface area contributed by atoms with Gasteiger partial charge >= 0.3 is 12.1 Å². The van der Waals surface area contributed by atoms with E-state index in [2.05, 4.69) is 25.4 Å². The molecule has 16 heteroatoms. The summed E-state index contributed by atoms with van der Waals surface area (Å²) in [4.78, 5) is 24.1. The second-order valence-electron chi connectivity index (χ2n) is 8.20. The summed E-state index contributed by atoms with van der Waals surface area (Å²) in [6.07, 6.45) is -6.78. The van der Waals surface area contributed by atoms with Crippen LogP contribution in [0.2, 0.25) is 0 Å². The van der Waals surface area contributed by atoms with Crippen molar-refractivity contribution in [3.8, 4) is 17.4 Å². The second-order valence-corrected chi connectivity index (χ2v) is 8.20. The molecule has 2 aliphatic heterocycles. The van der Waals surface area contributed by atoms with E-state index in [1.54, 1.807) is 0 Å². The zero-order valence-electron chi connectivity index (χ0n) is 17.4. The summed E-state index contributed by atoms with van der Waals surface area (Å²) in [5, 5.41) is 6.00. The van der Waals surface area contributed by atoms with Crippen molar-refractivity contribution in [3.05, 3.63) is 23.6 Å². The lowest BCUT2D eigenvalue weighted by molar-refractivity contribution is -0.285. The van der Waals surface area contributed by atoms with Gasteiger partial charge in [0.15, 0.2) is 18.1 Å². The molecule has 5 heterocycles. The van der Waals surface area contributed by atoms with E-state index in [0.717, 1.165) is 13.0 Å². The Bertz CT molecular complexity index is 1390. The minimum Gasteiger partial charge on any atom is -0.471 e. The number of nitrogens with zero attached hydrogens (tertiary/aromatic N) is 5. The SMILES string of the molecule is C[C@]12C(=O)Nc3nc(-c4nn(CCC(F)(F)C(F)(F)F)c5ncc(F)cc45)nc(c31)OCC2(F)F. The van der Waals surface area contributed by atoms with Gasteiger partial charge in [0.05, 0.1) is 17.1 Å². The number of aryl methyl sites for hydroxylation is 1. The molecule has 0 bridgehead atoms. The van der Waals surface area contributed by atoms with E-state index in [9.17, 15) is 39.9 Å². The number of halogens is 8. The Morgan fingerprint density at radius 2 is 1.91 bits per heavy atom. The van der Waals surface area contributed by atoms with Crippen LogP contribution in [-0.2, 0) is 16.8 Å². The van der Waals surface area contributed by atoms with Crippen LogP contribution >= 0.6 is 0 Å². The summed E-state index contributed by atoms with van der Waals surface area (Å²) < 4.78 is 113. The van der Waals surface area contributed by atoms with E-state index in [1.165, 1.54) is 0 Å². The molecule has 1 atom stereocenters. The fourth-order valence-electron chi connectivity index (χ4n) is 3.93. The molecule has 5 rings (SSSR count). The first kappa shape index (κ1) is 23.2. The number of fused-ring (bicyclic) bond motifs is 1. The molecule has 0 aromatic carbocycles. The van der Waals surface area contributed by atoms with Crippen molar-refractivity contribution in [2.75, 3.05) is 11.9 Å². The Hall–Kier alpha value is -3.59. The van der Waals surface area contributed by atoms with Gasteiger partial charge in [0.2, 0.25) is 11.8 Å². The van der Waals surface area contributed by atoms with Gasteiger partial charge < -0.3 is 10.1 Å². The maximum atomic E-state index is 14.5. The summed E-state index contributed by atoms with van der Waals surface area (Å²) in [5.41, 5.74) is -3.18. The van der Waals surface area contributed by atoms with Crippen LogP contribution in [0.1, 0.15) is 18.9 Å². The molecule has 0 saturated carbocycles. The van der Waals surface area contributed by atoms with E-state index < -0.39 is 54.7 Å².